The summed E-state index contributed by atoms with van der Waals surface area (Å²) >= 11 is 11.1. The molecule has 0 radical (unpaired) electrons. The van der Waals surface area contributed by atoms with E-state index in [1.54, 1.807) is 12.1 Å². The maximum Gasteiger partial charge on any atom is 0.270 e. The van der Waals surface area contributed by atoms with Crippen molar-refractivity contribution in [2.24, 2.45) is 5.73 Å². The SMILES string of the molecule is NC(=S)NNC(=O)c1cc(Br)ccc1Br. The Hall–Kier alpha value is -0.660. The number of hydrogen-bond acceptors (Lipinski definition) is 2. The van der Waals surface area contributed by atoms with E-state index in [2.05, 4.69) is 54.9 Å². The number of amides is 1. The zero-order valence-corrected chi connectivity index (χ0v) is 11.4. The number of nitrogens with two attached hydrogens (primary N) is 1. The topological polar surface area (TPSA) is 67.2 Å². The van der Waals surface area contributed by atoms with E-state index in [4.69, 9.17) is 5.73 Å². The number of thiocarbonyl (C=S) groups is 1. The highest BCUT2D eigenvalue weighted by molar-refractivity contribution is 9.11. The fraction of sp³-hybridized carbons (Fsp3) is 0. The fourth-order valence-electron chi connectivity index (χ4n) is 0.857. The monoisotopic (exact) mass is 351 g/mol. The highest BCUT2D eigenvalue weighted by Gasteiger charge is 2.09. The van der Waals surface area contributed by atoms with Crippen molar-refractivity contribution >= 4 is 55.1 Å². The smallest absolute Gasteiger partial charge is 0.270 e. The van der Waals surface area contributed by atoms with Crippen LogP contribution < -0.4 is 16.6 Å². The molecule has 0 atom stereocenters. The second-order valence-corrected chi connectivity index (χ2v) is 4.78. The molecule has 4 nitrogen and oxygen atoms in total. The van der Waals surface area contributed by atoms with Crippen LogP contribution in [0.3, 0.4) is 0 Å². The van der Waals surface area contributed by atoms with Crippen LogP contribution in [0.5, 0.6) is 0 Å². The Morgan fingerprint density at radius 3 is 2.60 bits per heavy atom. The molecular formula is C8H7Br2N3OS. The molecule has 1 aromatic carbocycles. The van der Waals surface area contributed by atoms with Gasteiger partial charge in [-0.3, -0.25) is 15.6 Å². The second kappa shape index (κ2) is 5.43. The van der Waals surface area contributed by atoms with Gasteiger partial charge >= 0.3 is 0 Å². The predicted octanol–water partition coefficient (Wildman–Crippen LogP) is 1.69. The molecule has 1 amide bonds. The van der Waals surface area contributed by atoms with Gasteiger partial charge in [-0.2, -0.15) is 0 Å². The van der Waals surface area contributed by atoms with Crippen molar-refractivity contribution in [3.63, 3.8) is 0 Å². The molecule has 15 heavy (non-hydrogen) atoms. The Morgan fingerprint density at radius 2 is 2.00 bits per heavy atom. The third-order valence-electron chi connectivity index (χ3n) is 1.47. The number of hydrazine groups is 1. The number of halogens is 2. The van der Waals surface area contributed by atoms with Crippen LogP contribution in [0.2, 0.25) is 0 Å². The minimum atomic E-state index is -0.323. The molecule has 0 heterocycles. The molecule has 0 spiro atoms. The number of benzene rings is 1. The standard InChI is InChI=1S/C8H7Br2N3OS/c9-4-1-2-6(10)5(3-4)7(14)12-13-8(11)15/h1-3H,(H,12,14)(H3,11,13,15). The van der Waals surface area contributed by atoms with Crippen molar-refractivity contribution in [3.05, 3.63) is 32.7 Å². The van der Waals surface area contributed by atoms with Gasteiger partial charge in [0.25, 0.3) is 5.91 Å². The minimum Gasteiger partial charge on any atom is -0.375 e. The maximum atomic E-state index is 11.6. The van der Waals surface area contributed by atoms with E-state index in [0.29, 0.717) is 10.0 Å². The van der Waals surface area contributed by atoms with E-state index in [-0.39, 0.29) is 11.0 Å². The summed E-state index contributed by atoms with van der Waals surface area (Å²) in [5.74, 6) is -0.323. The summed E-state index contributed by atoms with van der Waals surface area (Å²) in [4.78, 5) is 11.6. The van der Waals surface area contributed by atoms with E-state index < -0.39 is 0 Å². The quantitative estimate of drug-likeness (QED) is 0.531. The minimum absolute atomic E-state index is 0.00877. The van der Waals surface area contributed by atoms with Gasteiger partial charge in [-0.1, -0.05) is 15.9 Å². The average Bonchev–Trinajstić information content (AvgIpc) is 2.18. The predicted molar refractivity (Wildman–Crippen MR) is 69.2 cm³/mol. The number of rotatable bonds is 1. The maximum absolute atomic E-state index is 11.6. The molecule has 0 saturated heterocycles. The summed E-state index contributed by atoms with van der Waals surface area (Å²) in [6, 6.07) is 5.27. The van der Waals surface area contributed by atoms with Crippen molar-refractivity contribution in [1.82, 2.24) is 10.9 Å². The lowest BCUT2D eigenvalue weighted by atomic mass is 10.2. The van der Waals surface area contributed by atoms with Crippen LogP contribution in [0.4, 0.5) is 0 Å². The van der Waals surface area contributed by atoms with E-state index in [9.17, 15) is 4.79 Å². The molecule has 0 aromatic heterocycles. The first-order chi connectivity index (χ1) is 7.00. The lowest BCUT2D eigenvalue weighted by Gasteiger charge is -2.07. The lowest BCUT2D eigenvalue weighted by Crippen LogP contribution is -2.44. The molecule has 0 aliphatic heterocycles. The summed E-state index contributed by atoms with van der Waals surface area (Å²) in [5.41, 5.74) is 10.4. The zero-order chi connectivity index (χ0) is 11.4. The van der Waals surface area contributed by atoms with Crippen LogP contribution in [-0.2, 0) is 0 Å². The van der Waals surface area contributed by atoms with Gasteiger partial charge < -0.3 is 5.73 Å². The van der Waals surface area contributed by atoms with E-state index in [1.165, 1.54) is 0 Å². The first-order valence-corrected chi connectivity index (χ1v) is 5.81. The van der Waals surface area contributed by atoms with Crippen LogP contribution in [0.1, 0.15) is 10.4 Å². The van der Waals surface area contributed by atoms with Gasteiger partial charge in [0, 0.05) is 8.95 Å². The fourth-order valence-corrected chi connectivity index (χ4v) is 1.70. The molecule has 1 rings (SSSR count). The van der Waals surface area contributed by atoms with Crippen LogP contribution >= 0.6 is 44.1 Å². The number of nitrogens with one attached hydrogen (secondary N) is 2. The van der Waals surface area contributed by atoms with Crippen molar-refractivity contribution < 1.29 is 4.79 Å². The molecule has 0 unspecified atom stereocenters. The van der Waals surface area contributed by atoms with Gasteiger partial charge in [0.1, 0.15) is 0 Å². The van der Waals surface area contributed by atoms with Gasteiger partial charge in [0.2, 0.25) is 0 Å². The average molecular weight is 353 g/mol. The summed E-state index contributed by atoms with van der Waals surface area (Å²) in [5, 5.41) is 0.00877. The Labute approximate surface area is 109 Å². The highest BCUT2D eigenvalue weighted by Crippen LogP contribution is 2.21. The Bertz CT molecular complexity index is 411. The molecule has 0 aliphatic rings. The molecule has 4 N–H and O–H groups in total. The number of hydrogen-bond donors (Lipinski definition) is 3. The van der Waals surface area contributed by atoms with Crippen molar-refractivity contribution in [2.75, 3.05) is 0 Å². The summed E-state index contributed by atoms with van der Waals surface area (Å²) < 4.78 is 1.50. The van der Waals surface area contributed by atoms with Gasteiger partial charge in [0.15, 0.2) is 5.11 Å². The Kier molecular flexibility index (Phi) is 4.49. The molecule has 0 bridgehead atoms. The lowest BCUT2D eigenvalue weighted by molar-refractivity contribution is 0.0943. The Morgan fingerprint density at radius 1 is 1.33 bits per heavy atom. The molecule has 1 aromatic rings. The third kappa shape index (κ3) is 3.77. The summed E-state index contributed by atoms with van der Waals surface area (Å²) in [6.45, 7) is 0. The number of carbonyl (C=O) groups is 1. The first-order valence-electron chi connectivity index (χ1n) is 3.81. The van der Waals surface area contributed by atoms with Crippen LogP contribution in [0.15, 0.2) is 27.1 Å². The van der Waals surface area contributed by atoms with Gasteiger partial charge in [-0.05, 0) is 46.3 Å². The third-order valence-corrected chi connectivity index (χ3v) is 2.76. The molecule has 7 heteroatoms. The summed E-state index contributed by atoms with van der Waals surface area (Å²) in [6.07, 6.45) is 0. The Balaban J connectivity index is 2.81. The van der Waals surface area contributed by atoms with E-state index >= 15 is 0 Å². The van der Waals surface area contributed by atoms with Gasteiger partial charge in [-0.15, -0.1) is 0 Å². The van der Waals surface area contributed by atoms with E-state index in [1.807, 2.05) is 6.07 Å². The largest absolute Gasteiger partial charge is 0.375 e. The molecule has 0 saturated carbocycles. The van der Waals surface area contributed by atoms with Gasteiger partial charge in [0.05, 0.1) is 5.56 Å². The normalized spacial score (nSPS) is 9.47. The molecule has 80 valence electrons. The molecular weight excluding hydrogens is 346 g/mol. The first kappa shape index (κ1) is 12.4. The second-order valence-electron chi connectivity index (χ2n) is 2.57. The highest BCUT2D eigenvalue weighted by atomic mass is 79.9. The summed E-state index contributed by atoms with van der Waals surface area (Å²) in [7, 11) is 0. The molecule has 0 fully saturated rings. The zero-order valence-electron chi connectivity index (χ0n) is 7.38. The van der Waals surface area contributed by atoms with Crippen molar-refractivity contribution in [1.29, 1.82) is 0 Å². The molecule has 0 aliphatic carbocycles. The van der Waals surface area contributed by atoms with Crippen LogP contribution in [0, 0.1) is 0 Å². The van der Waals surface area contributed by atoms with E-state index in [0.717, 1.165) is 4.47 Å². The number of carbonyl (C=O) groups excluding carboxylic acids is 1. The van der Waals surface area contributed by atoms with Crippen LogP contribution in [-0.4, -0.2) is 11.0 Å². The van der Waals surface area contributed by atoms with Crippen LogP contribution in [0.25, 0.3) is 0 Å². The van der Waals surface area contributed by atoms with Crippen molar-refractivity contribution in [3.8, 4) is 0 Å². The van der Waals surface area contributed by atoms with Crippen molar-refractivity contribution in [2.45, 2.75) is 0 Å². The van der Waals surface area contributed by atoms with Gasteiger partial charge in [-0.25, -0.2) is 0 Å².